The number of phenols is 1. The standard InChI is InChI=1S/C14H20N2O/c17-11-5-6-12-13(7-8-15-14(12)9-11)16-10-3-1-2-4-10/h5-6,9-10,13,15-17H,1-4,7-8H2. The maximum Gasteiger partial charge on any atom is 0.117 e. The van der Waals surface area contributed by atoms with Gasteiger partial charge in [0.2, 0.25) is 0 Å². The largest absolute Gasteiger partial charge is 0.508 e. The molecule has 1 unspecified atom stereocenters. The molecule has 1 atom stereocenters. The van der Waals surface area contributed by atoms with Gasteiger partial charge in [-0.25, -0.2) is 0 Å². The third-order valence-electron chi connectivity index (χ3n) is 3.95. The van der Waals surface area contributed by atoms with E-state index in [1.165, 1.54) is 31.2 Å². The third kappa shape index (κ3) is 2.25. The number of anilines is 1. The van der Waals surface area contributed by atoms with E-state index in [9.17, 15) is 5.11 Å². The Balaban J connectivity index is 1.78. The first-order valence-corrected chi connectivity index (χ1v) is 6.66. The first-order chi connectivity index (χ1) is 8.33. The number of hydrogen-bond donors (Lipinski definition) is 3. The van der Waals surface area contributed by atoms with Crippen LogP contribution in [-0.2, 0) is 0 Å². The lowest BCUT2D eigenvalue weighted by atomic mass is 9.96. The molecule has 0 aromatic heterocycles. The summed E-state index contributed by atoms with van der Waals surface area (Å²) in [7, 11) is 0. The van der Waals surface area contributed by atoms with E-state index in [-0.39, 0.29) is 0 Å². The molecule has 0 amide bonds. The molecule has 2 aliphatic rings. The molecular weight excluding hydrogens is 212 g/mol. The van der Waals surface area contributed by atoms with Crippen molar-refractivity contribution in [2.75, 3.05) is 11.9 Å². The molecule has 3 heteroatoms. The number of hydrogen-bond acceptors (Lipinski definition) is 3. The van der Waals surface area contributed by atoms with Crippen LogP contribution in [0.5, 0.6) is 5.75 Å². The number of aromatic hydroxyl groups is 1. The van der Waals surface area contributed by atoms with Crippen molar-refractivity contribution in [1.29, 1.82) is 0 Å². The van der Waals surface area contributed by atoms with Gasteiger partial charge >= 0.3 is 0 Å². The van der Waals surface area contributed by atoms with Crippen LogP contribution < -0.4 is 10.6 Å². The maximum atomic E-state index is 9.50. The molecule has 1 aromatic rings. The molecule has 1 aromatic carbocycles. The van der Waals surface area contributed by atoms with E-state index in [0.717, 1.165) is 18.7 Å². The van der Waals surface area contributed by atoms with Crippen molar-refractivity contribution >= 4 is 5.69 Å². The molecule has 0 saturated heterocycles. The number of rotatable bonds is 2. The van der Waals surface area contributed by atoms with Crippen molar-refractivity contribution in [2.24, 2.45) is 0 Å². The summed E-state index contributed by atoms with van der Waals surface area (Å²) in [6, 6.07) is 6.81. The second-order valence-corrected chi connectivity index (χ2v) is 5.19. The highest BCUT2D eigenvalue weighted by atomic mass is 16.3. The van der Waals surface area contributed by atoms with Crippen molar-refractivity contribution in [3.63, 3.8) is 0 Å². The van der Waals surface area contributed by atoms with Gasteiger partial charge < -0.3 is 15.7 Å². The van der Waals surface area contributed by atoms with Gasteiger partial charge in [-0.1, -0.05) is 18.9 Å². The second kappa shape index (κ2) is 4.57. The van der Waals surface area contributed by atoms with Crippen molar-refractivity contribution in [1.82, 2.24) is 5.32 Å². The average Bonchev–Trinajstić information content (AvgIpc) is 2.82. The van der Waals surface area contributed by atoms with Crippen LogP contribution in [0.4, 0.5) is 5.69 Å². The number of nitrogens with one attached hydrogen (secondary N) is 2. The molecule has 3 nitrogen and oxygen atoms in total. The van der Waals surface area contributed by atoms with E-state index in [1.54, 1.807) is 6.07 Å². The van der Waals surface area contributed by atoms with Crippen LogP contribution in [0.2, 0.25) is 0 Å². The summed E-state index contributed by atoms with van der Waals surface area (Å²) in [5.41, 5.74) is 2.40. The molecule has 92 valence electrons. The van der Waals surface area contributed by atoms with Crippen LogP contribution in [0, 0.1) is 0 Å². The molecule has 1 heterocycles. The van der Waals surface area contributed by atoms with Crippen LogP contribution in [0.3, 0.4) is 0 Å². The Kier molecular flexibility index (Phi) is 2.93. The fourth-order valence-electron chi connectivity index (χ4n) is 3.06. The molecule has 17 heavy (non-hydrogen) atoms. The lowest BCUT2D eigenvalue weighted by molar-refractivity contribution is 0.419. The lowest BCUT2D eigenvalue weighted by Crippen LogP contribution is -2.34. The van der Waals surface area contributed by atoms with Crippen LogP contribution in [0.1, 0.15) is 43.7 Å². The number of fused-ring (bicyclic) bond motifs is 1. The van der Waals surface area contributed by atoms with Gasteiger partial charge in [-0.05, 0) is 30.9 Å². The highest BCUT2D eigenvalue weighted by Crippen LogP contribution is 2.33. The molecule has 3 N–H and O–H groups in total. The zero-order valence-electron chi connectivity index (χ0n) is 10.1. The molecular formula is C14H20N2O. The summed E-state index contributed by atoms with van der Waals surface area (Å²) >= 11 is 0. The molecule has 1 aliphatic carbocycles. The summed E-state index contributed by atoms with van der Waals surface area (Å²) in [6.07, 6.45) is 6.50. The van der Waals surface area contributed by atoms with Crippen LogP contribution >= 0.6 is 0 Å². The van der Waals surface area contributed by atoms with E-state index < -0.39 is 0 Å². The van der Waals surface area contributed by atoms with Crippen molar-refractivity contribution in [3.8, 4) is 5.75 Å². The predicted molar refractivity (Wildman–Crippen MR) is 69.3 cm³/mol. The highest BCUT2D eigenvalue weighted by Gasteiger charge is 2.24. The molecule has 1 saturated carbocycles. The summed E-state index contributed by atoms with van der Waals surface area (Å²) in [5, 5.41) is 16.6. The molecule has 1 aliphatic heterocycles. The Morgan fingerprint density at radius 2 is 2.00 bits per heavy atom. The van der Waals surface area contributed by atoms with E-state index >= 15 is 0 Å². The molecule has 1 fully saturated rings. The minimum absolute atomic E-state index is 0.345. The Labute approximate surface area is 102 Å². The van der Waals surface area contributed by atoms with Gasteiger partial charge in [-0.3, -0.25) is 0 Å². The average molecular weight is 232 g/mol. The Hall–Kier alpha value is -1.22. The zero-order chi connectivity index (χ0) is 11.7. The van der Waals surface area contributed by atoms with Gasteiger partial charge in [0.25, 0.3) is 0 Å². The Morgan fingerprint density at radius 3 is 2.82 bits per heavy atom. The zero-order valence-corrected chi connectivity index (χ0v) is 10.1. The normalized spacial score (nSPS) is 24.4. The summed E-state index contributed by atoms with van der Waals surface area (Å²) in [6.45, 7) is 0.987. The topological polar surface area (TPSA) is 44.3 Å². The minimum atomic E-state index is 0.345. The summed E-state index contributed by atoms with van der Waals surface area (Å²) < 4.78 is 0. The number of phenolic OH excluding ortho intramolecular Hbond substituents is 1. The third-order valence-corrected chi connectivity index (χ3v) is 3.95. The van der Waals surface area contributed by atoms with Crippen molar-refractivity contribution in [3.05, 3.63) is 23.8 Å². The van der Waals surface area contributed by atoms with Gasteiger partial charge in [0.15, 0.2) is 0 Å². The van der Waals surface area contributed by atoms with Gasteiger partial charge in [0.1, 0.15) is 5.75 Å². The maximum absolute atomic E-state index is 9.50. The van der Waals surface area contributed by atoms with Gasteiger partial charge in [-0.2, -0.15) is 0 Å². The van der Waals surface area contributed by atoms with E-state index in [4.69, 9.17) is 0 Å². The predicted octanol–water partition coefficient (Wildman–Crippen LogP) is 2.78. The van der Waals surface area contributed by atoms with E-state index in [0.29, 0.717) is 17.8 Å². The van der Waals surface area contributed by atoms with E-state index in [2.05, 4.69) is 10.6 Å². The summed E-state index contributed by atoms with van der Waals surface area (Å²) in [5.74, 6) is 0.345. The molecule has 0 bridgehead atoms. The first-order valence-electron chi connectivity index (χ1n) is 6.66. The fourth-order valence-corrected chi connectivity index (χ4v) is 3.06. The monoisotopic (exact) mass is 232 g/mol. The highest BCUT2D eigenvalue weighted by molar-refractivity contribution is 5.57. The Bertz CT molecular complexity index is 399. The van der Waals surface area contributed by atoms with Crippen molar-refractivity contribution < 1.29 is 5.11 Å². The first kappa shape index (κ1) is 10.9. The quantitative estimate of drug-likeness (QED) is 0.734. The van der Waals surface area contributed by atoms with Gasteiger partial charge in [-0.15, -0.1) is 0 Å². The van der Waals surface area contributed by atoms with Crippen LogP contribution in [0.25, 0.3) is 0 Å². The molecule has 3 rings (SSSR count). The fraction of sp³-hybridized carbons (Fsp3) is 0.571. The molecule has 0 radical (unpaired) electrons. The smallest absolute Gasteiger partial charge is 0.117 e. The number of benzene rings is 1. The van der Waals surface area contributed by atoms with Gasteiger partial charge in [0, 0.05) is 30.4 Å². The lowest BCUT2D eigenvalue weighted by Gasteiger charge is -2.30. The minimum Gasteiger partial charge on any atom is -0.508 e. The van der Waals surface area contributed by atoms with Crippen molar-refractivity contribution in [2.45, 2.75) is 44.2 Å². The molecule has 0 spiro atoms. The Morgan fingerprint density at radius 1 is 1.18 bits per heavy atom. The van der Waals surface area contributed by atoms with E-state index in [1.807, 2.05) is 12.1 Å². The van der Waals surface area contributed by atoms with Gasteiger partial charge in [0.05, 0.1) is 0 Å². The van der Waals surface area contributed by atoms with Crippen LogP contribution in [0.15, 0.2) is 18.2 Å². The SMILES string of the molecule is Oc1ccc2c(c1)NCCC2NC1CCCC1. The van der Waals surface area contributed by atoms with Crippen LogP contribution in [-0.4, -0.2) is 17.7 Å². The summed E-state index contributed by atoms with van der Waals surface area (Å²) in [4.78, 5) is 0. The second-order valence-electron chi connectivity index (χ2n) is 5.19.